The average molecular weight is 400 g/mol. The number of nitrogens with one attached hydrogen (secondary N) is 1. The molecule has 0 unspecified atom stereocenters. The van der Waals surface area contributed by atoms with Crippen LogP contribution in [-0.4, -0.2) is 20.9 Å². The van der Waals surface area contributed by atoms with Gasteiger partial charge in [0.05, 0.1) is 11.1 Å². The molecule has 1 aromatic carbocycles. The third-order valence-corrected chi connectivity index (χ3v) is 4.67. The number of alkyl halides is 3. The number of amides is 1. The monoisotopic (exact) mass is 400 g/mol. The molecular formula is C19H11F3N4OS. The molecule has 140 valence electrons. The second-order valence-corrected chi connectivity index (χ2v) is 6.72. The summed E-state index contributed by atoms with van der Waals surface area (Å²) in [5.74, 6) is -0.455. The highest BCUT2D eigenvalue weighted by Crippen LogP contribution is 2.33. The molecule has 3 heterocycles. The molecule has 1 N–H and O–H groups in total. The molecule has 0 saturated carbocycles. The van der Waals surface area contributed by atoms with Gasteiger partial charge in [-0.2, -0.15) is 13.2 Å². The summed E-state index contributed by atoms with van der Waals surface area (Å²) in [4.78, 5) is 24.9. The van der Waals surface area contributed by atoms with Crippen molar-refractivity contribution in [3.8, 4) is 11.1 Å². The summed E-state index contributed by atoms with van der Waals surface area (Å²) in [7, 11) is 0. The van der Waals surface area contributed by atoms with E-state index in [1.807, 2.05) is 0 Å². The number of fused-ring (bicyclic) bond motifs is 1. The molecule has 0 aliphatic carbocycles. The van der Waals surface area contributed by atoms with Gasteiger partial charge in [-0.05, 0) is 29.8 Å². The van der Waals surface area contributed by atoms with Crippen LogP contribution in [0.25, 0.3) is 22.0 Å². The minimum atomic E-state index is -4.46. The number of hydrogen-bond acceptors (Lipinski definition) is 5. The highest BCUT2D eigenvalue weighted by Gasteiger charge is 2.30. The first-order valence-corrected chi connectivity index (χ1v) is 8.93. The molecule has 0 spiro atoms. The molecular weight excluding hydrogens is 389 g/mol. The number of halogens is 3. The van der Waals surface area contributed by atoms with E-state index in [4.69, 9.17) is 0 Å². The Hall–Kier alpha value is -3.33. The highest BCUT2D eigenvalue weighted by atomic mass is 32.1. The number of carbonyl (C=O) groups is 1. The summed E-state index contributed by atoms with van der Waals surface area (Å²) < 4.78 is 39.2. The van der Waals surface area contributed by atoms with Crippen molar-refractivity contribution in [2.75, 3.05) is 5.32 Å². The van der Waals surface area contributed by atoms with Crippen LogP contribution in [0.15, 0.2) is 60.4 Å². The maximum absolute atomic E-state index is 13.1. The summed E-state index contributed by atoms with van der Waals surface area (Å²) in [6.45, 7) is 0. The topological polar surface area (TPSA) is 67.8 Å². The number of anilines is 1. The Morgan fingerprint density at radius 2 is 1.96 bits per heavy atom. The number of pyridine rings is 2. The molecule has 9 heteroatoms. The van der Waals surface area contributed by atoms with Gasteiger partial charge in [0.15, 0.2) is 5.13 Å². The fourth-order valence-corrected chi connectivity index (χ4v) is 3.21. The largest absolute Gasteiger partial charge is 0.416 e. The van der Waals surface area contributed by atoms with Gasteiger partial charge < -0.3 is 0 Å². The second-order valence-electron chi connectivity index (χ2n) is 5.83. The molecule has 0 atom stereocenters. The van der Waals surface area contributed by atoms with E-state index in [0.717, 1.165) is 12.1 Å². The first-order valence-electron chi connectivity index (χ1n) is 8.05. The first-order chi connectivity index (χ1) is 13.4. The van der Waals surface area contributed by atoms with Crippen molar-refractivity contribution in [3.63, 3.8) is 0 Å². The third-order valence-electron chi connectivity index (χ3n) is 3.99. The molecule has 0 aliphatic heterocycles. The van der Waals surface area contributed by atoms with Crippen LogP contribution in [-0.2, 0) is 6.18 Å². The van der Waals surface area contributed by atoms with Crippen molar-refractivity contribution in [1.29, 1.82) is 0 Å². The van der Waals surface area contributed by atoms with Gasteiger partial charge in [-0.3, -0.25) is 15.1 Å². The van der Waals surface area contributed by atoms with Gasteiger partial charge in [0.1, 0.15) is 5.69 Å². The van der Waals surface area contributed by atoms with Gasteiger partial charge in [0, 0.05) is 34.9 Å². The van der Waals surface area contributed by atoms with Crippen LogP contribution < -0.4 is 5.32 Å². The Bertz CT molecular complexity index is 1160. The Morgan fingerprint density at radius 3 is 2.71 bits per heavy atom. The van der Waals surface area contributed by atoms with E-state index in [0.29, 0.717) is 27.2 Å². The smallest absolute Gasteiger partial charge is 0.296 e. The first kappa shape index (κ1) is 18.1. The van der Waals surface area contributed by atoms with Crippen molar-refractivity contribution >= 4 is 33.3 Å². The molecule has 4 rings (SSSR count). The van der Waals surface area contributed by atoms with Crippen molar-refractivity contribution in [1.82, 2.24) is 15.0 Å². The number of benzene rings is 1. The molecule has 0 fully saturated rings. The van der Waals surface area contributed by atoms with Gasteiger partial charge in [0.2, 0.25) is 0 Å². The number of hydrogen-bond donors (Lipinski definition) is 1. The lowest BCUT2D eigenvalue weighted by molar-refractivity contribution is -0.137. The summed E-state index contributed by atoms with van der Waals surface area (Å²) in [5.41, 5.74) is 0.480. The highest BCUT2D eigenvalue weighted by molar-refractivity contribution is 7.13. The molecule has 0 aliphatic rings. The maximum atomic E-state index is 13.1. The van der Waals surface area contributed by atoms with E-state index in [2.05, 4.69) is 20.3 Å². The van der Waals surface area contributed by atoms with Crippen LogP contribution in [0.2, 0.25) is 0 Å². The quantitative estimate of drug-likeness (QED) is 0.524. The van der Waals surface area contributed by atoms with E-state index in [-0.39, 0.29) is 5.69 Å². The summed E-state index contributed by atoms with van der Waals surface area (Å²) in [6.07, 6.45) is 0.0843. The van der Waals surface area contributed by atoms with Gasteiger partial charge in [-0.25, -0.2) is 9.97 Å². The van der Waals surface area contributed by atoms with E-state index in [1.165, 1.54) is 29.7 Å². The molecule has 5 nitrogen and oxygen atoms in total. The second kappa shape index (κ2) is 7.01. The summed E-state index contributed by atoms with van der Waals surface area (Å²) >= 11 is 1.27. The van der Waals surface area contributed by atoms with Crippen LogP contribution in [0.4, 0.5) is 18.3 Å². The van der Waals surface area contributed by atoms with Crippen LogP contribution in [0.1, 0.15) is 16.1 Å². The normalized spacial score (nSPS) is 11.5. The maximum Gasteiger partial charge on any atom is 0.416 e. The lowest BCUT2D eigenvalue weighted by Gasteiger charge is -2.11. The lowest BCUT2D eigenvalue weighted by Crippen LogP contribution is -2.13. The van der Waals surface area contributed by atoms with Crippen LogP contribution in [0, 0.1) is 0 Å². The Kier molecular flexibility index (Phi) is 4.52. The Labute approximate surface area is 160 Å². The Morgan fingerprint density at radius 1 is 1.11 bits per heavy atom. The molecule has 4 aromatic rings. The standard InChI is InChI=1S/C19H11F3N4OS/c20-19(21,22)13-3-1-2-11(8-13)14-10-23-9-12-4-5-15(25-16(12)14)17(27)26-18-24-6-7-28-18/h1-10H,(H,24,26,27). The minimum absolute atomic E-state index is 0.127. The molecule has 0 saturated heterocycles. The van der Waals surface area contributed by atoms with Crippen LogP contribution >= 0.6 is 11.3 Å². The van der Waals surface area contributed by atoms with E-state index < -0.39 is 17.6 Å². The molecule has 3 aromatic heterocycles. The third kappa shape index (κ3) is 3.56. The SMILES string of the molecule is O=C(Nc1nccs1)c1ccc2cncc(-c3cccc(C(F)(F)F)c3)c2n1. The minimum Gasteiger partial charge on any atom is -0.296 e. The van der Waals surface area contributed by atoms with E-state index in [1.54, 1.807) is 29.9 Å². The fraction of sp³-hybridized carbons (Fsp3) is 0.0526. The average Bonchev–Trinajstić information content (AvgIpc) is 3.19. The molecule has 1 amide bonds. The van der Waals surface area contributed by atoms with Crippen molar-refractivity contribution in [2.24, 2.45) is 0 Å². The number of aromatic nitrogens is 3. The predicted molar refractivity (Wildman–Crippen MR) is 100 cm³/mol. The van der Waals surface area contributed by atoms with Gasteiger partial charge in [0.25, 0.3) is 5.91 Å². The van der Waals surface area contributed by atoms with Gasteiger partial charge >= 0.3 is 6.18 Å². The van der Waals surface area contributed by atoms with Crippen molar-refractivity contribution < 1.29 is 18.0 Å². The lowest BCUT2D eigenvalue weighted by atomic mass is 10.0. The summed E-state index contributed by atoms with van der Waals surface area (Å²) in [6, 6.07) is 8.11. The van der Waals surface area contributed by atoms with Crippen LogP contribution in [0.3, 0.4) is 0 Å². The fourth-order valence-electron chi connectivity index (χ4n) is 2.69. The number of rotatable bonds is 3. The van der Waals surface area contributed by atoms with E-state index in [9.17, 15) is 18.0 Å². The zero-order chi connectivity index (χ0) is 19.7. The molecule has 0 bridgehead atoms. The van der Waals surface area contributed by atoms with E-state index >= 15 is 0 Å². The zero-order valence-electron chi connectivity index (χ0n) is 14.1. The molecule has 0 radical (unpaired) electrons. The van der Waals surface area contributed by atoms with Gasteiger partial charge in [-0.1, -0.05) is 12.1 Å². The molecule has 28 heavy (non-hydrogen) atoms. The van der Waals surface area contributed by atoms with Crippen LogP contribution in [0.5, 0.6) is 0 Å². The zero-order valence-corrected chi connectivity index (χ0v) is 14.9. The number of thiazole rings is 1. The van der Waals surface area contributed by atoms with Crippen molar-refractivity contribution in [2.45, 2.75) is 6.18 Å². The number of nitrogens with zero attached hydrogens (tertiary/aromatic N) is 3. The van der Waals surface area contributed by atoms with Gasteiger partial charge in [-0.15, -0.1) is 11.3 Å². The van der Waals surface area contributed by atoms with Crippen molar-refractivity contribution in [3.05, 3.63) is 71.6 Å². The number of carbonyl (C=O) groups excluding carboxylic acids is 1. The Balaban J connectivity index is 1.78. The summed E-state index contributed by atoms with van der Waals surface area (Å²) in [5, 5.41) is 5.40. The predicted octanol–water partition coefficient (Wildman–Crippen LogP) is 5.02.